The second kappa shape index (κ2) is 5.79. The lowest BCUT2D eigenvalue weighted by molar-refractivity contribution is -0.120. The number of anilines is 1. The van der Waals surface area contributed by atoms with Gasteiger partial charge in [-0.25, -0.2) is 15.0 Å². The molecule has 2 N–H and O–H groups in total. The van der Waals surface area contributed by atoms with Crippen LogP contribution >= 0.6 is 0 Å². The van der Waals surface area contributed by atoms with Gasteiger partial charge in [-0.15, -0.1) is 0 Å². The summed E-state index contributed by atoms with van der Waals surface area (Å²) in [6, 6.07) is 5.63. The SMILES string of the molecule is CC[C@@](C)(Nc1ccnc(-c2c[nH]c3ncccc23)n1)C(C)=O. The normalized spacial score (nSPS) is 13.7. The summed E-state index contributed by atoms with van der Waals surface area (Å²) in [7, 11) is 0. The van der Waals surface area contributed by atoms with Crippen molar-refractivity contribution in [3.05, 3.63) is 36.8 Å². The van der Waals surface area contributed by atoms with Gasteiger partial charge in [0.1, 0.15) is 11.5 Å². The summed E-state index contributed by atoms with van der Waals surface area (Å²) in [4.78, 5) is 28.2. The van der Waals surface area contributed by atoms with Gasteiger partial charge in [0.15, 0.2) is 11.6 Å². The van der Waals surface area contributed by atoms with E-state index >= 15 is 0 Å². The van der Waals surface area contributed by atoms with Gasteiger partial charge in [-0.1, -0.05) is 6.92 Å². The van der Waals surface area contributed by atoms with Crippen LogP contribution in [0.15, 0.2) is 36.8 Å². The Bertz CT molecular complexity index is 857. The molecule has 0 saturated carbocycles. The van der Waals surface area contributed by atoms with E-state index in [1.54, 1.807) is 25.4 Å². The third-order valence-electron chi connectivity index (χ3n) is 4.24. The van der Waals surface area contributed by atoms with Crippen molar-refractivity contribution in [2.75, 3.05) is 5.32 Å². The predicted octanol–water partition coefficient (Wildman–Crippen LogP) is 3.19. The van der Waals surface area contributed by atoms with Crippen LogP contribution in [0.2, 0.25) is 0 Å². The molecular weight excluding hydrogens is 290 g/mol. The molecule has 0 radical (unpaired) electrons. The molecular formula is C17H19N5O. The van der Waals surface area contributed by atoms with Crippen molar-refractivity contribution in [1.29, 1.82) is 0 Å². The number of aromatic nitrogens is 4. The lowest BCUT2D eigenvalue weighted by Crippen LogP contribution is -2.41. The zero-order valence-corrected chi connectivity index (χ0v) is 13.4. The first-order chi connectivity index (χ1) is 11.0. The minimum atomic E-state index is -0.632. The van der Waals surface area contributed by atoms with E-state index in [9.17, 15) is 4.79 Å². The number of nitrogens with one attached hydrogen (secondary N) is 2. The summed E-state index contributed by atoms with van der Waals surface area (Å²) in [6.45, 7) is 5.44. The van der Waals surface area contributed by atoms with Crippen LogP contribution in [-0.4, -0.2) is 31.3 Å². The molecule has 0 spiro atoms. The maximum Gasteiger partial charge on any atom is 0.163 e. The summed E-state index contributed by atoms with van der Waals surface area (Å²) < 4.78 is 0. The number of fused-ring (bicyclic) bond motifs is 1. The van der Waals surface area contributed by atoms with E-state index in [0.29, 0.717) is 18.1 Å². The van der Waals surface area contributed by atoms with E-state index in [1.165, 1.54) is 0 Å². The van der Waals surface area contributed by atoms with Crippen LogP contribution in [-0.2, 0) is 4.79 Å². The molecule has 0 amide bonds. The fraction of sp³-hybridized carbons (Fsp3) is 0.294. The molecule has 0 bridgehead atoms. The Labute approximate surface area is 134 Å². The highest BCUT2D eigenvalue weighted by atomic mass is 16.1. The Morgan fingerprint density at radius 3 is 2.87 bits per heavy atom. The van der Waals surface area contributed by atoms with Crippen LogP contribution in [0.1, 0.15) is 27.2 Å². The monoisotopic (exact) mass is 309 g/mol. The zero-order chi connectivity index (χ0) is 16.4. The van der Waals surface area contributed by atoms with Crippen molar-refractivity contribution in [2.45, 2.75) is 32.7 Å². The molecule has 0 saturated heterocycles. The molecule has 6 nitrogen and oxygen atoms in total. The number of hydrogen-bond donors (Lipinski definition) is 2. The van der Waals surface area contributed by atoms with Crippen LogP contribution in [0.5, 0.6) is 0 Å². The van der Waals surface area contributed by atoms with E-state index in [-0.39, 0.29) is 5.78 Å². The number of nitrogens with zero attached hydrogens (tertiary/aromatic N) is 3. The van der Waals surface area contributed by atoms with Crippen LogP contribution in [0, 0.1) is 0 Å². The van der Waals surface area contributed by atoms with Crippen molar-refractivity contribution in [2.24, 2.45) is 0 Å². The lowest BCUT2D eigenvalue weighted by Gasteiger charge is -2.27. The molecule has 1 atom stereocenters. The van der Waals surface area contributed by atoms with Crippen molar-refractivity contribution >= 4 is 22.6 Å². The van der Waals surface area contributed by atoms with Gasteiger partial charge >= 0.3 is 0 Å². The average Bonchev–Trinajstić information content (AvgIpc) is 2.99. The molecule has 6 heteroatoms. The first-order valence-corrected chi connectivity index (χ1v) is 7.58. The first kappa shape index (κ1) is 15.1. The standard InChI is InChI=1S/C17H19N5O/c1-4-17(3,11(2)23)22-14-7-9-19-16(21-14)13-10-20-15-12(13)6-5-8-18-15/h5-10H,4H2,1-3H3,(H,18,20)(H,19,21,22)/t17-/m1/s1. The van der Waals surface area contributed by atoms with Crippen molar-refractivity contribution in [3.8, 4) is 11.4 Å². The highest BCUT2D eigenvalue weighted by molar-refractivity contribution is 5.92. The molecule has 3 aromatic heterocycles. The molecule has 3 heterocycles. The van der Waals surface area contributed by atoms with E-state index in [2.05, 4.69) is 25.3 Å². The summed E-state index contributed by atoms with van der Waals surface area (Å²) in [5.74, 6) is 1.31. The van der Waals surface area contributed by atoms with Gasteiger partial charge in [-0.2, -0.15) is 0 Å². The molecule has 0 unspecified atom stereocenters. The van der Waals surface area contributed by atoms with Crippen LogP contribution in [0.25, 0.3) is 22.4 Å². The third kappa shape index (κ3) is 2.79. The van der Waals surface area contributed by atoms with Crippen molar-refractivity contribution in [1.82, 2.24) is 19.9 Å². The number of rotatable bonds is 5. The number of aromatic amines is 1. The average molecular weight is 309 g/mol. The molecule has 23 heavy (non-hydrogen) atoms. The Hall–Kier alpha value is -2.76. The fourth-order valence-electron chi connectivity index (χ4n) is 2.41. The number of carbonyl (C=O) groups is 1. The number of H-pyrrole nitrogens is 1. The minimum Gasteiger partial charge on any atom is -0.358 e. The minimum absolute atomic E-state index is 0.0801. The quantitative estimate of drug-likeness (QED) is 0.756. The highest BCUT2D eigenvalue weighted by Gasteiger charge is 2.27. The molecule has 3 aromatic rings. The Balaban J connectivity index is 1.99. The summed E-state index contributed by atoms with van der Waals surface area (Å²) in [5.41, 5.74) is 1.05. The van der Waals surface area contributed by atoms with Crippen LogP contribution in [0.3, 0.4) is 0 Å². The second-order valence-corrected chi connectivity index (χ2v) is 5.73. The lowest BCUT2D eigenvalue weighted by atomic mass is 9.94. The van der Waals surface area contributed by atoms with Crippen LogP contribution < -0.4 is 5.32 Å². The summed E-state index contributed by atoms with van der Waals surface area (Å²) >= 11 is 0. The molecule has 0 aliphatic carbocycles. The maximum absolute atomic E-state index is 11.9. The van der Waals surface area contributed by atoms with Gasteiger partial charge in [0.05, 0.1) is 5.54 Å². The van der Waals surface area contributed by atoms with Gasteiger partial charge in [-0.3, -0.25) is 4.79 Å². The number of Topliss-reactive ketones (excluding diaryl/α,β-unsaturated/α-hetero) is 1. The van der Waals surface area contributed by atoms with Gasteiger partial charge < -0.3 is 10.3 Å². The molecule has 3 rings (SSSR count). The molecule has 0 aliphatic rings. The number of ketones is 1. The molecule has 0 aromatic carbocycles. The number of hydrogen-bond acceptors (Lipinski definition) is 5. The molecule has 118 valence electrons. The predicted molar refractivity (Wildman–Crippen MR) is 90.1 cm³/mol. The third-order valence-corrected chi connectivity index (χ3v) is 4.24. The fourth-order valence-corrected chi connectivity index (χ4v) is 2.41. The first-order valence-electron chi connectivity index (χ1n) is 7.58. The van der Waals surface area contributed by atoms with Crippen LogP contribution in [0.4, 0.5) is 5.82 Å². The summed E-state index contributed by atoms with van der Waals surface area (Å²) in [6.07, 6.45) is 5.95. The largest absolute Gasteiger partial charge is 0.358 e. The second-order valence-electron chi connectivity index (χ2n) is 5.73. The smallest absolute Gasteiger partial charge is 0.163 e. The maximum atomic E-state index is 11.9. The summed E-state index contributed by atoms with van der Waals surface area (Å²) in [5, 5.41) is 4.20. The highest BCUT2D eigenvalue weighted by Crippen LogP contribution is 2.26. The van der Waals surface area contributed by atoms with E-state index < -0.39 is 5.54 Å². The Kier molecular flexibility index (Phi) is 3.82. The van der Waals surface area contributed by atoms with Gasteiger partial charge in [-0.05, 0) is 38.5 Å². The van der Waals surface area contributed by atoms with Gasteiger partial charge in [0, 0.05) is 29.5 Å². The Morgan fingerprint density at radius 1 is 1.30 bits per heavy atom. The zero-order valence-electron chi connectivity index (χ0n) is 13.4. The van der Waals surface area contributed by atoms with E-state index in [1.807, 2.05) is 32.2 Å². The van der Waals surface area contributed by atoms with Crippen molar-refractivity contribution < 1.29 is 4.79 Å². The topological polar surface area (TPSA) is 83.6 Å². The number of carbonyl (C=O) groups excluding carboxylic acids is 1. The van der Waals surface area contributed by atoms with Gasteiger partial charge in [0.2, 0.25) is 0 Å². The number of pyridine rings is 1. The molecule has 0 aliphatic heterocycles. The van der Waals surface area contributed by atoms with E-state index in [0.717, 1.165) is 16.6 Å². The Morgan fingerprint density at radius 2 is 2.13 bits per heavy atom. The molecule has 0 fully saturated rings. The van der Waals surface area contributed by atoms with E-state index in [4.69, 9.17) is 0 Å². The van der Waals surface area contributed by atoms with Crippen molar-refractivity contribution in [3.63, 3.8) is 0 Å². The van der Waals surface area contributed by atoms with Gasteiger partial charge in [0.25, 0.3) is 0 Å².